The number of benzene rings is 1. The van der Waals surface area contributed by atoms with Crippen LogP contribution in [-0.2, 0) is 0 Å². The Bertz CT molecular complexity index is 355. The number of anilines is 1. The van der Waals surface area contributed by atoms with E-state index in [0.717, 1.165) is 0 Å². The molecular weight excluding hydrogens is 221 g/mol. The highest BCUT2D eigenvalue weighted by Gasteiger charge is 2.11. The van der Waals surface area contributed by atoms with Crippen molar-refractivity contribution in [3.8, 4) is 0 Å². The first kappa shape index (κ1) is 13.9. The van der Waals surface area contributed by atoms with Crippen LogP contribution in [0.15, 0.2) is 18.2 Å². The molecule has 0 aliphatic heterocycles. The third kappa shape index (κ3) is 3.68. The number of hydrogen-bond acceptors (Lipinski definition) is 3. The number of rotatable bonds is 6. The first-order valence-corrected chi connectivity index (χ1v) is 5.93. The summed E-state index contributed by atoms with van der Waals surface area (Å²) in [6.07, 6.45) is -0.0445. The maximum absolute atomic E-state index is 13.9. The minimum atomic E-state index is -0.661. The van der Waals surface area contributed by atoms with Crippen LogP contribution in [0.3, 0.4) is 0 Å². The molecule has 1 aromatic rings. The molecule has 17 heavy (non-hydrogen) atoms. The van der Waals surface area contributed by atoms with E-state index in [1.54, 1.807) is 19.1 Å². The van der Waals surface area contributed by atoms with Crippen molar-refractivity contribution in [2.24, 2.45) is 0 Å². The van der Waals surface area contributed by atoms with E-state index >= 15 is 0 Å². The zero-order chi connectivity index (χ0) is 12.8. The predicted molar refractivity (Wildman–Crippen MR) is 66.6 cm³/mol. The monoisotopic (exact) mass is 241 g/mol. The van der Waals surface area contributed by atoms with Crippen LogP contribution in [0.25, 0.3) is 0 Å². The molecule has 0 aliphatic rings. The Morgan fingerprint density at radius 3 is 2.59 bits per heavy atom. The molecule has 0 aromatic heterocycles. The van der Waals surface area contributed by atoms with E-state index in [-0.39, 0.29) is 12.4 Å². The van der Waals surface area contributed by atoms with Gasteiger partial charge in [0.1, 0.15) is 5.82 Å². The third-order valence-corrected chi connectivity index (χ3v) is 2.76. The molecule has 2 N–H and O–H groups in total. The van der Waals surface area contributed by atoms with E-state index in [9.17, 15) is 9.50 Å². The van der Waals surface area contributed by atoms with E-state index < -0.39 is 6.10 Å². The Morgan fingerprint density at radius 1 is 1.41 bits per heavy atom. The molecule has 1 rings (SSSR count). The number of hydrogen-bond donors (Lipinski definition) is 2. The summed E-state index contributed by atoms with van der Waals surface area (Å²) in [7, 11) is 0. The molecule has 0 bridgehead atoms. The van der Waals surface area contributed by atoms with Crippen LogP contribution in [0, 0.1) is 5.82 Å². The fourth-order valence-electron chi connectivity index (χ4n) is 1.75. The third-order valence-electron chi connectivity index (χ3n) is 2.76. The van der Waals surface area contributed by atoms with Crippen molar-refractivity contribution in [2.45, 2.75) is 26.4 Å². The maximum Gasteiger partial charge on any atom is 0.146 e. The van der Waals surface area contributed by atoms with Gasteiger partial charge in [-0.05, 0) is 38.0 Å². The second-order valence-corrected chi connectivity index (χ2v) is 4.04. The van der Waals surface area contributed by atoms with Crippen LogP contribution < -0.4 is 4.90 Å². The van der Waals surface area contributed by atoms with E-state index in [4.69, 9.17) is 5.11 Å². The zero-order valence-corrected chi connectivity index (χ0v) is 10.4. The van der Waals surface area contributed by atoms with Crippen LogP contribution >= 0.6 is 0 Å². The Labute approximate surface area is 101 Å². The summed E-state index contributed by atoms with van der Waals surface area (Å²) in [5.74, 6) is -0.330. The molecule has 0 fully saturated rings. The summed E-state index contributed by atoms with van der Waals surface area (Å²) >= 11 is 0. The lowest BCUT2D eigenvalue weighted by molar-refractivity contribution is 0.199. The number of aliphatic hydroxyl groups excluding tert-OH is 2. The van der Waals surface area contributed by atoms with Gasteiger partial charge in [0.05, 0.1) is 11.8 Å². The van der Waals surface area contributed by atoms with E-state index in [0.29, 0.717) is 30.8 Å². The van der Waals surface area contributed by atoms with Crippen molar-refractivity contribution in [3.05, 3.63) is 29.6 Å². The van der Waals surface area contributed by atoms with E-state index in [1.807, 2.05) is 11.8 Å². The summed E-state index contributed by atoms with van der Waals surface area (Å²) in [4.78, 5) is 1.87. The standard InChI is InChI=1S/C13H20FNO2/c1-3-15(7-4-8-16)13-6-5-11(10(2)17)9-12(13)14/h5-6,9-10,16-17H,3-4,7-8H2,1-2H3/t10-/m1/s1. The molecule has 0 radical (unpaired) electrons. The van der Waals surface area contributed by atoms with Crippen LogP contribution in [0.5, 0.6) is 0 Å². The average Bonchev–Trinajstić information content (AvgIpc) is 2.31. The Hall–Kier alpha value is -1.13. The van der Waals surface area contributed by atoms with Gasteiger partial charge in [0, 0.05) is 19.7 Å². The minimum absolute atomic E-state index is 0.101. The van der Waals surface area contributed by atoms with Gasteiger partial charge in [-0.15, -0.1) is 0 Å². The first-order chi connectivity index (χ1) is 8.10. The molecule has 0 unspecified atom stereocenters. The number of nitrogens with zero attached hydrogens (tertiary/aromatic N) is 1. The SMILES string of the molecule is CCN(CCCO)c1ccc([C@@H](C)O)cc1F. The highest BCUT2D eigenvalue weighted by Crippen LogP contribution is 2.23. The van der Waals surface area contributed by atoms with Crippen LogP contribution in [-0.4, -0.2) is 29.9 Å². The van der Waals surface area contributed by atoms with Gasteiger partial charge < -0.3 is 15.1 Å². The molecule has 0 saturated carbocycles. The van der Waals surface area contributed by atoms with Crippen molar-refractivity contribution in [2.75, 3.05) is 24.6 Å². The lowest BCUT2D eigenvalue weighted by Gasteiger charge is -2.23. The summed E-state index contributed by atoms with van der Waals surface area (Å²) in [5.41, 5.74) is 1.09. The van der Waals surface area contributed by atoms with Crippen LogP contribution in [0.4, 0.5) is 10.1 Å². The van der Waals surface area contributed by atoms with E-state index in [2.05, 4.69) is 0 Å². The Balaban J connectivity index is 2.88. The largest absolute Gasteiger partial charge is 0.396 e. The van der Waals surface area contributed by atoms with Crippen molar-refractivity contribution >= 4 is 5.69 Å². The fourth-order valence-corrected chi connectivity index (χ4v) is 1.75. The molecule has 0 amide bonds. The molecule has 3 nitrogen and oxygen atoms in total. The lowest BCUT2D eigenvalue weighted by Crippen LogP contribution is -2.25. The van der Waals surface area contributed by atoms with Crippen molar-refractivity contribution in [1.82, 2.24) is 0 Å². The van der Waals surface area contributed by atoms with Gasteiger partial charge in [0.15, 0.2) is 0 Å². The molecular formula is C13H20FNO2. The van der Waals surface area contributed by atoms with Crippen LogP contribution in [0.1, 0.15) is 31.9 Å². The van der Waals surface area contributed by atoms with Crippen LogP contribution in [0.2, 0.25) is 0 Å². The summed E-state index contributed by atoms with van der Waals surface area (Å²) in [5, 5.41) is 18.2. The Kier molecular flexibility index (Phi) is 5.38. The predicted octanol–water partition coefficient (Wildman–Crippen LogP) is 2.09. The number of aliphatic hydroxyl groups is 2. The molecule has 1 atom stereocenters. The average molecular weight is 241 g/mol. The van der Waals surface area contributed by atoms with Gasteiger partial charge >= 0.3 is 0 Å². The molecule has 4 heteroatoms. The quantitative estimate of drug-likeness (QED) is 0.801. The molecule has 0 saturated heterocycles. The van der Waals surface area contributed by atoms with Crippen molar-refractivity contribution in [1.29, 1.82) is 0 Å². The maximum atomic E-state index is 13.9. The second-order valence-electron chi connectivity index (χ2n) is 4.04. The summed E-state index contributed by atoms with van der Waals surface area (Å²) in [6.45, 7) is 4.96. The Morgan fingerprint density at radius 2 is 2.12 bits per heavy atom. The summed E-state index contributed by atoms with van der Waals surface area (Å²) in [6, 6.07) is 4.77. The van der Waals surface area contributed by atoms with Crippen molar-refractivity contribution in [3.63, 3.8) is 0 Å². The van der Waals surface area contributed by atoms with Gasteiger partial charge in [-0.2, -0.15) is 0 Å². The molecule has 0 aliphatic carbocycles. The van der Waals surface area contributed by atoms with E-state index in [1.165, 1.54) is 6.07 Å². The highest BCUT2D eigenvalue weighted by atomic mass is 19.1. The molecule has 1 aromatic carbocycles. The smallest absolute Gasteiger partial charge is 0.146 e. The summed E-state index contributed by atoms with van der Waals surface area (Å²) < 4.78 is 13.9. The molecule has 0 spiro atoms. The van der Waals surface area contributed by atoms with Gasteiger partial charge in [-0.25, -0.2) is 4.39 Å². The van der Waals surface area contributed by atoms with Gasteiger partial charge in [0.2, 0.25) is 0 Å². The fraction of sp³-hybridized carbons (Fsp3) is 0.538. The van der Waals surface area contributed by atoms with Crippen molar-refractivity contribution < 1.29 is 14.6 Å². The lowest BCUT2D eigenvalue weighted by atomic mass is 10.1. The molecule has 96 valence electrons. The first-order valence-electron chi connectivity index (χ1n) is 5.93. The zero-order valence-electron chi connectivity index (χ0n) is 10.4. The van der Waals surface area contributed by atoms with Gasteiger partial charge in [0.25, 0.3) is 0 Å². The second kappa shape index (κ2) is 6.57. The van der Waals surface area contributed by atoms with Gasteiger partial charge in [-0.3, -0.25) is 0 Å². The molecule has 0 heterocycles. The normalized spacial score (nSPS) is 12.5. The topological polar surface area (TPSA) is 43.7 Å². The van der Waals surface area contributed by atoms with Gasteiger partial charge in [-0.1, -0.05) is 6.07 Å². The number of halogens is 1. The minimum Gasteiger partial charge on any atom is -0.396 e. The highest BCUT2D eigenvalue weighted by molar-refractivity contribution is 5.49.